The number of piperazine rings is 1. The maximum absolute atomic E-state index is 13.1. The first kappa shape index (κ1) is 22.5. The summed E-state index contributed by atoms with van der Waals surface area (Å²) in [6, 6.07) is 16.8. The molecule has 1 saturated heterocycles. The molecule has 0 bridgehead atoms. The number of hydrogen-bond acceptors (Lipinski definition) is 4. The van der Waals surface area contributed by atoms with Gasteiger partial charge in [0.1, 0.15) is 18.2 Å². The number of ether oxygens (including phenoxy) is 1. The Morgan fingerprint density at radius 3 is 2.34 bits per heavy atom. The van der Waals surface area contributed by atoms with Crippen LogP contribution in [0.3, 0.4) is 0 Å². The quantitative estimate of drug-likeness (QED) is 0.471. The van der Waals surface area contributed by atoms with Gasteiger partial charge in [-0.3, -0.25) is 9.69 Å². The van der Waals surface area contributed by atoms with Gasteiger partial charge in [-0.05, 0) is 52.8 Å². The number of amides is 1. The summed E-state index contributed by atoms with van der Waals surface area (Å²) in [5, 5.41) is 2.00. The molecule has 1 amide bonds. The summed E-state index contributed by atoms with van der Waals surface area (Å²) >= 11 is 1.48. The van der Waals surface area contributed by atoms with Gasteiger partial charge in [0.05, 0.1) is 4.88 Å². The van der Waals surface area contributed by atoms with Gasteiger partial charge in [0.25, 0.3) is 5.91 Å². The molecule has 1 fully saturated rings. The first-order chi connectivity index (χ1) is 15.5. The summed E-state index contributed by atoms with van der Waals surface area (Å²) in [6.07, 6.45) is 0. The summed E-state index contributed by atoms with van der Waals surface area (Å²) in [5.41, 5.74) is 3.40. The molecule has 2 aromatic carbocycles. The fourth-order valence-electron chi connectivity index (χ4n) is 3.79. The van der Waals surface area contributed by atoms with Crippen LogP contribution >= 0.6 is 11.3 Å². The lowest BCUT2D eigenvalue weighted by molar-refractivity contribution is 0.0633. The second kappa shape index (κ2) is 10.3. The van der Waals surface area contributed by atoms with E-state index in [9.17, 15) is 9.18 Å². The summed E-state index contributed by atoms with van der Waals surface area (Å²) in [4.78, 5) is 17.9. The van der Waals surface area contributed by atoms with Crippen molar-refractivity contribution in [2.24, 2.45) is 0 Å². The largest absolute Gasteiger partial charge is 0.489 e. The Balaban J connectivity index is 1.26. The molecule has 3 aromatic rings. The second-order valence-corrected chi connectivity index (χ2v) is 9.44. The van der Waals surface area contributed by atoms with Gasteiger partial charge in [0, 0.05) is 38.3 Å². The first-order valence-electron chi connectivity index (χ1n) is 11.0. The van der Waals surface area contributed by atoms with Crippen molar-refractivity contribution in [1.82, 2.24) is 9.80 Å². The fraction of sp³-hybridized carbons (Fsp3) is 0.346. The van der Waals surface area contributed by atoms with Gasteiger partial charge < -0.3 is 9.64 Å². The van der Waals surface area contributed by atoms with E-state index >= 15 is 0 Å². The first-order valence-corrected chi connectivity index (χ1v) is 11.9. The van der Waals surface area contributed by atoms with Crippen molar-refractivity contribution in [3.05, 3.63) is 87.4 Å². The molecule has 4 nitrogen and oxygen atoms in total. The Kier molecular flexibility index (Phi) is 7.22. The molecule has 0 spiro atoms. The highest BCUT2D eigenvalue weighted by molar-refractivity contribution is 7.12. The predicted molar refractivity (Wildman–Crippen MR) is 127 cm³/mol. The van der Waals surface area contributed by atoms with Gasteiger partial charge >= 0.3 is 0 Å². The molecular weight excluding hydrogens is 423 g/mol. The number of carbonyl (C=O) groups excluding carboxylic acids is 1. The molecule has 6 heteroatoms. The molecule has 0 N–H and O–H groups in total. The number of hydrogen-bond donors (Lipinski definition) is 0. The third-order valence-corrected chi connectivity index (χ3v) is 6.76. The minimum Gasteiger partial charge on any atom is -0.489 e. The number of halogens is 1. The fourth-order valence-corrected chi connectivity index (χ4v) is 4.66. The standard InChI is InChI=1S/C26H29FN2O2S/c1-19(2)22-5-9-24(10-6-22)31-17-21-15-25(32-18-21)26(30)29-13-11-28(12-14-29)16-20-3-7-23(27)8-4-20/h3-10,15,18-19H,11-14,16-17H2,1-2H3. The second-order valence-electron chi connectivity index (χ2n) is 8.53. The van der Waals surface area contributed by atoms with Crippen molar-refractivity contribution in [3.63, 3.8) is 0 Å². The Morgan fingerprint density at radius 2 is 1.69 bits per heavy atom. The zero-order valence-electron chi connectivity index (χ0n) is 18.6. The van der Waals surface area contributed by atoms with Crippen LogP contribution in [0, 0.1) is 5.82 Å². The number of benzene rings is 2. The van der Waals surface area contributed by atoms with Crippen LogP contribution in [-0.4, -0.2) is 41.9 Å². The van der Waals surface area contributed by atoms with E-state index in [1.165, 1.54) is 29.0 Å². The molecule has 0 aliphatic carbocycles. The van der Waals surface area contributed by atoms with E-state index < -0.39 is 0 Å². The minimum absolute atomic E-state index is 0.0870. The van der Waals surface area contributed by atoms with Gasteiger partial charge in [-0.25, -0.2) is 4.39 Å². The van der Waals surface area contributed by atoms with Crippen LogP contribution in [0.5, 0.6) is 5.75 Å². The summed E-state index contributed by atoms with van der Waals surface area (Å²) < 4.78 is 19.0. The summed E-state index contributed by atoms with van der Waals surface area (Å²) in [6.45, 7) is 8.61. The van der Waals surface area contributed by atoms with Crippen LogP contribution in [0.25, 0.3) is 0 Å². The molecule has 1 aromatic heterocycles. The van der Waals surface area contributed by atoms with Crippen molar-refractivity contribution >= 4 is 17.2 Å². The molecule has 0 atom stereocenters. The average molecular weight is 453 g/mol. The summed E-state index contributed by atoms with van der Waals surface area (Å²) in [5.74, 6) is 1.21. The monoisotopic (exact) mass is 452 g/mol. The average Bonchev–Trinajstić information content (AvgIpc) is 3.29. The Hall–Kier alpha value is -2.70. The third kappa shape index (κ3) is 5.75. The van der Waals surface area contributed by atoms with E-state index in [1.807, 2.05) is 40.6 Å². The smallest absolute Gasteiger partial charge is 0.264 e. The molecule has 1 aliphatic rings. The van der Waals surface area contributed by atoms with Gasteiger partial charge in [-0.1, -0.05) is 38.1 Å². The van der Waals surface area contributed by atoms with E-state index in [1.54, 1.807) is 0 Å². The van der Waals surface area contributed by atoms with Gasteiger partial charge in [-0.2, -0.15) is 0 Å². The topological polar surface area (TPSA) is 32.8 Å². The van der Waals surface area contributed by atoms with Crippen molar-refractivity contribution in [2.75, 3.05) is 26.2 Å². The molecular formula is C26H29FN2O2S. The van der Waals surface area contributed by atoms with Gasteiger partial charge in [-0.15, -0.1) is 11.3 Å². The molecule has 2 heterocycles. The maximum atomic E-state index is 13.1. The Morgan fingerprint density at radius 1 is 1.00 bits per heavy atom. The number of carbonyl (C=O) groups is 1. The minimum atomic E-state index is -0.214. The molecule has 1 aliphatic heterocycles. The lowest BCUT2D eigenvalue weighted by Crippen LogP contribution is -2.48. The Bertz CT molecular complexity index is 1020. The number of rotatable bonds is 7. The van der Waals surface area contributed by atoms with E-state index in [-0.39, 0.29) is 11.7 Å². The highest BCUT2D eigenvalue weighted by Gasteiger charge is 2.23. The van der Waals surface area contributed by atoms with Gasteiger partial charge in [0.2, 0.25) is 0 Å². The highest BCUT2D eigenvalue weighted by Crippen LogP contribution is 2.22. The lowest BCUT2D eigenvalue weighted by atomic mass is 10.0. The van der Waals surface area contributed by atoms with E-state index in [0.29, 0.717) is 25.6 Å². The van der Waals surface area contributed by atoms with Crippen molar-refractivity contribution in [1.29, 1.82) is 0 Å². The molecule has 0 unspecified atom stereocenters. The van der Waals surface area contributed by atoms with E-state index in [2.05, 4.69) is 30.9 Å². The van der Waals surface area contributed by atoms with Crippen LogP contribution in [0.1, 0.15) is 46.1 Å². The van der Waals surface area contributed by atoms with Crippen LogP contribution < -0.4 is 4.74 Å². The van der Waals surface area contributed by atoms with E-state index in [0.717, 1.165) is 41.4 Å². The molecule has 0 saturated carbocycles. The van der Waals surface area contributed by atoms with Crippen LogP contribution in [0.15, 0.2) is 60.0 Å². The van der Waals surface area contributed by atoms with Crippen LogP contribution in [0.2, 0.25) is 0 Å². The molecule has 168 valence electrons. The third-order valence-electron chi connectivity index (χ3n) is 5.80. The lowest BCUT2D eigenvalue weighted by Gasteiger charge is -2.34. The molecule has 4 rings (SSSR count). The molecule has 0 radical (unpaired) electrons. The van der Waals surface area contributed by atoms with Crippen LogP contribution in [-0.2, 0) is 13.2 Å². The zero-order chi connectivity index (χ0) is 22.5. The SMILES string of the molecule is CC(C)c1ccc(OCc2csc(C(=O)N3CCN(Cc4ccc(F)cc4)CC3)c2)cc1. The Labute approximate surface area is 193 Å². The van der Waals surface area contributed by atoms with E-state index in [4.69, 9.17) is 4.74 Å². The number of nitrogens with zero attached hydrogens (tertiary/aromatic N) is 2. The van der Waals surface area contributed by atoms with Crippen molar-refractivity contribution in [3.8, 4) is 5.75 Å². The predicted octanol–water partition coefficient (Wildman–Crippen LogP) is 5.55. The van der Waals surface area contributed by atoms with Crippen LogP contribution in [0.4, 0.5) is 4.39 Å². The highest BCUT2D eigenvalue weighted by atomic mass is 32.1. The number of thiophene rings is 1. The maximum Gasteiger partial charge on any atom is 0.264 e. The summed E-state index contributed by atoms with van der Waals surface area (Å²) in [7, 11) is 0. The van der Waals surface area contributed by atoms with Crippen molar-refractivity contribution < 1.29 is 13.9 Å². The molecule has 32 heavy (non-hydrogen) atoms. The zero-order valence-corrected chi connectivity index (χ0v) is 19.4. The normalized spacial score (nSPS) is 14.7. The van der Waals surface area contributed by atoms with Crippen molar-refractivity contribution in [2.45, 2.75) is 32.9 Å². The van der Waals surface area contributed by atoms with Gasteiger partial charge in [0.15, 0.2) is 0 Å².